The summed E-state index contributed by atoms with van der Waals surface area (Å²) in [6, 6.07) is 15.9. The maximum atomic E-state index is 11.8. The van der Waals surface area contributed by atoms with Gasteiger partial charge in [0.25, 0.3) is 0 Å². The molecule has 41 heavy (non-hydrogen) atoms. The van der Waals surface area contributed by atoms with Crippen molar-refractivity contribution in [3.63, 3.8) is 0 Å². The second kappa shape index (κ2) is 13.6. The molecule has 0 aromatic heterocycles. The van der Waals surface area contributed by atoms with Crippen LogP contribution in [0.5, 0.6) is 11.5 Å². The van der Waals surface area contributed by atoms with E-state index in [1.54, 1.807) is 0 Å². The minimum absolute atomic E-state index is 0. The van der Waals surface area contributed by atoms with Crippen molar-refractivity contribution in [3.05, 3.63) is 81.9 Å². The fourth-order valence-electron chi connectivity index (χ4n) is 4.52. The van der Waals surface area contributed by atoms with E-state index in [-0.39, 0.29) is 33.1 Å². The van der Waals surface area contributed by atoms with Gasteiger partial charge in [-0.15, -0.1) is 11.5 Å². The van der Waals surface area contributed by atoms with Gasteiger partial charge >= 0.3 is 16.5 Å². The first-order valence-corrected chi connectivity index (χ1v) is 13.9. The Bertz CT molecular complexity index is 1320. The fraction of sp³-hybridized carbons (Fsp3) is 0.412. The molecule has 3 aromatic carbocycles. The number of aliphatic imine (C=N–C) groups is 2. The van der Waals surface area contributed by atoms with Crippen molar-refractivity contribution < 1.29 is 26.7 Å². The van der Waals surface area contributed by atoms with Crippen molar-refractivity contribution in [1.29, 1.82) is 0 Å². The molecule has 6 nitrogen and oxygen atoms in total. The van der Waals surface area contributed by atoms with Gasteiger partial charge in [0.1, 0.15) is 0 Å². The van der Waals surface area contributed by atoms with E-state index >= 15 is 0 Å². The minimum atomic E-state index is -0.391. The molecular formula is C34H44N4NiO2. The summed E-state index contributed by atoms with van der Waals surface area (Å²) in [6.07, 6.45) is 0. The molecule has 1 aliphatic heterocycles. The van der Waals surface area contributed by atoms with E-state index in [9.17, 15) is 10.2 Å². The Kier molecular flexibility index (Phi) is 11.2. The molecule has 0 radical (unpaired) electrons. The van der Waals surface area contributed by atoms with Crippen LogP contribution in [0, 0.1) is 27.7 Å². The van der Waals surface area contributed by atoms with Crippen molar-refractivity contribution >= 4 is 23.0 Å². The van der Waals surface area contributed by atoms with Gasteiger partial charge in [-0.2, -0.15) is 0 Å². The van der Waals surface area contributed by atoms with Gasteiger partial charge in [-0.25, -0.2) is 0 Å². The second-order valence-corrected chi connectivity index (χ2v) is 12.6. The number of para-hydroxylation sites is 2. The van der Waals surface area contributed by atoms with E-state index in [2.05, 4.69) is 84.7 Å². The summed E-state index contributed by atoms with van der Waals surface area (Å²) in [6.45, 7) is 21.8. The molecular weight excluding hydrogens is 555 g/mol. The smallest absolute Gasteiger partial charge is 0.873 e. The number of anilines is 2. The van der Waals surface area contributed by atoms with E-state index in [0.717, 1.165) is 28.6 Å². The van der Waals surface area contributed by atoms with Crippen LogP contribution >= 0.6 is 0 Å². The first kappa shape index (κ1) is 33.9. The molecule has 7 heteroatoms. The number of hydrogen-bond donors (Lipinski definition) is 2. The zero-order valence-electron chi connectivity index (χ0n) is 26.1. The van der Waals surface area contributed by atoms with Gasteiger partial charge in [0.05, 0.1) is 13.1 Å². The van der Waals surface area contributed by atoms with Gasteiger partial charge in [0.2, 0.25) is 0 Å². The average molecular weight is 599 g/mol. The molecule has 222 valence electrons. The van der Waals surface area contributed by atoms with E-state index in [4.69, 9.17) is 0 Å². The van der Waals surface area contributed by atoms with Crippen LogP contribution in [0.2, 0.25) is 0 Å². The molecule has 0 atom stereocenters. The first-order chi connectivity index (χ1) is 18.6. The molecule has 1 aliphatic rings. The van der Waals surface area contributed by atoms with Gasteiger partial charge in [0, 0.05) is 11.4 Å². The van der Waals surface area contributed by atoms with Gasteiger partial charge < -0.3 is 20.8 Å². The molecule has 4 rings (SSSR count). The normalized spacial score (nSPS) is 13.2. The number of nitrogens with zero attached hydrogens (tertiary/aromatic N) is 2. The number of aryl methyl sites for hydroxylation is 4. The predicted octanol–water partition coefficient (Wildman–Crippen LogP) is 6.68. The topological polar surface area (TPSA) is 94.9 Å². The van der Waals surface area contributed by atoms with E-state index in [1.807, 2.05) is 47.6 Å². The molecule has 2 N–H and O–H groups in total. The molecule has 0 saturated carbocycles. The Balaban J connectivity index is 0.000000304. The number of rotatable bonds is 2. The second-order valence-electron chi connectivity index (χ2n) is 12.6. The molecule has 0 fully saturated rings. The van der Waals surface area contributed by atoms with E-state index in [0.29, 0.717) is 18.7 Å². The molecule has 0 amide bonds. The van der Waals surface area contributed by atoms with Crippen LogP contribution in [-0.2, 0) is 27.3 Å². The molecule has 0 spiro atoms. The summed E-state index contributed by atoms with van der Waals surface area (Å²) < 4.78 is 0. The molecule has 0 bridgehead atoms. The number of hydrogen-bond acceptors (Lipinski definition) is 6. The summed E-state index contributed by atoms with van der Waals surface area (Å²) in [5.41, 5.74) is 8.19. The summed E-state index contributed by atoms with van der Waals surface area (Å²) in [5, 5.41) is 30.4. The maximum Gasteiger partial charge on any atom is 2.00 e. The Morgan fingerprint density at radius 1 is 0.634 bits per heavy atom. The summed E-state index contributed by atoms with van der Waals surface area (Å²) in [5.74, 6) is 0.862. The largest absolute Gasteiger partial charge is 2.00 e. The van der Waals surface area contributed by atoms with Crippen molar-refractivity contribution in [2.24, 2.45) is 9.98 Å². The third kappa shape index (κ3) is 8.59. The van der Waals surface area contributed by atoms with Crippen molar-refractivity contribution in [2.75, 3.05) is 23.7 Å². The van der Waals surface area contributed by atoms with Gasteiger partial charge in [0.15, 0.2) is 11.7 Å². The van der Waals surface area contributed by atoms with Crippen LogP contribution < -0.4 is 20.8 Å². The van der Waals surface area contributed by atoms with Crippen molar-refractivity contribution in [3.8, 4) is 11.5 Å². The van der Waals surface area contributed by atoms with Crippen molar-refractivity contribution in [2.45, 2.75) is 80.1 Å². The summed E-state index contributed by atoms with van der Waals surface area (Å²) in [7, 11) is 0. The van der Waals surface area contributed by atoms with E-state index < -0.39 is 5.75 Å². The Morgan fingerprint density at radius 3 is 1.37 bits per heavy atom. The molecule has 3 aromatic rings. The zero-order chi connectivity index (χ0) is 29.8. The Morgan fingerprint density at radius 2 is 1.02 bits per heavy atom. The van der Waals surface area contributed by atoms with Gasteiger partial charge in [-0.1, -0.05) is 95.6 Å². The van der Waals surface area contributed by atoms with Crippen LogP contribution in [0.15, 0.2) is 58.5 Å². The van der Waals surface area contributed by atoms with Gasteiger partial charge in [-0.3, -0.25) is 9.98 Å². The average Bonchev–Trinajstić information content (AvgIpc) is 2.85. The monoisotopic (exact) mass is 598 g/mol. The summed E-state index contributed by atoms with van der Waals surface area (Å²) >= 11 is 0. The molecule has 0 unspecified atom stereocenters. The van der Waals surface area contributed by atoms with Crippen molar-refractivity contribution in [1.82, 2.24) is 0 Å². The minimum Gasteiger partial charge on any atom is -0.873 e. The van der Waals surface area contributed by atoms with Crippen LogP contribution in [0.25, 0.3) is 0 Å². The molecule has 0 saturated heterocycles. The number of benzene rings is 3. The Hall–Kier alpha value is -3.31. The fourth-order valence-corrected chi connectivity index (χ4v) is 4.52. The van der Waals surface area contributed by atoms with E-state index in [1.165, 1.54) is 28.3 Å². The molecule has 0 aliphatic carbocycles. The quantitative estimate of drug-likeness (QED) is 0.322. The van der Waals surface area contributed by atoms with Crippen LogP contribution in [0.4, 0.5) is 11.4 Å². The third-order valence-electron chi connectivity index (χ3n) is 7.04. The first-order valence-electron chi connectivity index (χ1n) is 13.9. The van der Waals surface area contributed by atoms with Crippen LogP contribution in [0.1, 0.15) is 74.9 Å². The number of nitrogens with one attached hydrogen (secondary N) is 2. The standard InChI is InChI=1S/C20H24N4.C14H22O2.Ni/c1-13-7-5-8-14(2)17(13)23-19-20(22-12-11-21-19)24-18-15(3)9-6-10-16(18)4;1-13(2,3)9-7-10(14(4,5)6)12(16)11(15)8-9;/h5-10H,11-12H2,1-4H3,(H,21,23)(H,22,24);7-8,15-16H,1-6H3;/q;;+2/p-2. The third-order valence-corrected chi connectivity index (χ3v) is 7.04. The molecule has 1 heterocycles. The SMILES string of the molecule is CC(C)(C)c1cc([O-])c([O-])c(C(C)(C)C)c1.Cc1cccc(C)c1NC1=NCCN=C1Nc1c(C)cccc1C.[Ni+2]. The summed E-state index contributed by atoms with van der Waals surface area (Å²) in [4.78, 5) is 9.31. The predicted molar refractivity (Wildman–Crippen MR) is 166 cm³/mol. The Labute approximate surface area is 256 Å². The van der Waals surface area contributed by atoms with Crippen LogP contribution in [0.3, 0.4) is 0 Å². The number of amidine groups is 2. The van der Waals surface area contributed by atoms with Gasteiger partial charge in [-0.05, 0) is 66.3 Å². The van der Waals surface area contributed by atoms with Crippen LogP contribution in [-0.4, -0.2) is 24.8 Å². The zero-order valence-corrected chi connectivity index (χ0v) is 27.0. The maximum absolute atomic E-state index is 11.8.